The largest absolute Gasteiger partial charge is 0.465 e. The Morgan fingerprint density at radius 1 is 1.08 bits per heavy atom. The molecule has 1 heterocycles. The predicted octanol–water partition coefficient (Wildman–Crippen LogP) is 1.92. The Hall–Kier alpha value is -3.55. The maximum Gasteiger partial charge on any atom is 0.337 e. The van der Waals surface area contributed by atoms with E-state index in [1.54, 1.807) is 54.2 Å². The summed E-state index contributed by atoms with van der Waals surface area (Å²) in [4.78, 5) is 23.8. The summed E-state index contributed by atoms with van der Waals surface area (Å²) >= 11 is 0. The number of carbonyl (C=O) groups excluding carboxylic acids is 2. The lowest BCUT2D eigenvalue weighted by atomic mass is 10.1. The number of nitrogens with zero attached hydrogens (tertiary/aromatic N) is 4. The number of aryl methyl sites for hydroxylation is 1. The second kappa shape index (κ2) is 6.91. The lowest BCUT2D eigenvalue weighted by Gasteiger charge is -2.07. The Labute approximate surface area is 143 Å². The maximum atomic E-state index is 12.4. The highest BCUT2D eigenvalue weighted by atomic mass is 16.5. The van der Waals surface area contributed by atoms with Crippen LogP contribution in [-0.4, -0.2) is 39.2 Å². The molecule has 0 aliphatic heterocycles. The molecule has 126 valence electrons. The summed E-state index contributed by atoms with van der Waals surface area (Å²) in [5, 5.41) is 14.1. The zero-order chi connectivity index (χ0) is 17.8. The van der Waals surface area contributed by atoms with Crippen LogP contribution in [0, 0.1) is 0 Å². The summed E-state index contributed by atoms with van der Waals surface area (Å²) in [7, 11) is 3.05. The summed E-state index contributed by atoms with van der Waals surface area (Å²) in [5.41, 5.74) is 2.21. The minimum absolute atomic E-state index is 0.287. The van der Waals surface area contributed by atoms with Crippen LogP contribution < -0.4 is 5.32 Å². The highest BCUT2D eigenvalue weighted by Gasteiger charge is 2.11. The van der Waals surface area contributed by atoms with E-state index in [-0.39, 0.29) is 5.91 Å². The number of hydrogen-bond acceptors (Lipinski definition) is 6. The molecule has 0 atom stereocenters. The van der Waals surface area contributed by atoms with E-state index in [1.807, 2.05) is 6.07 Å². The second-order valence-electron chi connectivity index (χ2n) is 5.23. The van der Waals surface area contributed by atoms with E-state index in [2.05, 4.69) is 25.6 Å². The Morgan fingerprint density at radius 3 is 2.44 bits per heavy atom. The molecule has 0 aliphatic rings. The highest BCUT2D eigenvalue weighted by Crippen LogP contribution is 2.20. The average molecular weight is 337 g/mol. The van der Waals surface area contributed by atoms with Crippen LogP contribution in [0.4, 0.5) is 5.69 Å². The predicted molar refractivity (Wildman–Crippen MR) is 90.0 cm³/mol. The van der Waals surface area contributed by atoms with Gasteiger partial charge < -0.3 is 10.1 Å². The van der Waals surface area contributed by atoms with E-state index in [9.17, 15) is 9.59 Å². The van der Waals surface area contributed by atoms with Gasteiger partial charge in [0.15, 0.2) is 5.82 Å². The summed E-state index contributed by atoms with van der Waals surface area (Å²) in [5.74, 6) is -0.139. The first-order chi connectivity index (χ1) is 12.1. The van der Waals surface area contributed by atoms with Crippen LogP contribution in [0.5, 0.6) is 0 Å². The molecule has 3 rings (SSSR count). The number of benzene rings is 2. The normalized spacial score (nSPS) is 10.3. The molecule has 0 saturated heterocycles. The minimum Gasteiger partial charge on any atom is -0.465 e. The van der Waals surface area contributed by atoms with Gasteiger partial charge in [0.1, 0.15) is 0 Å². The molecule has 1 amide bonds. The second-order valence-corrected chi connectivity index (χ2v) is 5.23. The molecule has 25 heavy (non-hydrogen) atoms. The van der Waals surface area contributed by atoms with Gasteiger partial charge in [-0.25, -0.2) is 9.48 Å². The van der Waals surface area contributed by atoms with Gasteiger partial charge in [0.25, 0.3) is 5.91 Å². The molecule has 0 saturated carbocycles. The smallest absolute Gasteiger partial charge is 0.337 e. The molecule has 0 unspecified atom stereocenters. The first kappa shape index (κ1) is 16.3. The standard InChI is InChI=1S/C17H15N5O3/c1-22-15(19-20-21-22)13-4-3-5-14(10-13)18-16(23)11-6-8-12(9-7-11)17(24)25-2/h3-10H,1-2H3,(H,18,23). The van der Waals surface area contributed by atoms with Crippen LogP contribution in [0.2, 0.25) is 0 Å². The van der Waals surface area contributed by atoms with Crippen molar-refractivity contribution < 1.29 is 14.3 Å². The van der Waals surface area contributed by atoms with Crippen LogP contribution in [0.15, 0.2) is 48.5 Å². The van der Waals surface area contributed by atoms with Crippen molar-refractivity contribution in [2.45, 2.75) is 0 Å². The Balaban J connectivity index is 1.77. The number of anilines is 1. The van der Waals surface area contributed by atoms with E-state index >= 15 is 0 Å². The lowest BCUT2D eigenvalue weighted by molar-refractivity contribution is 0.0600. The van der Waals surface area contributed by atoms with E-state index in [0.717, 1.165) is 5.56 Å². The number of hydrogen-bond donors (Lipinski definition) is 1. The Morgan fingerprint density at radius 2 is 1.80 bits per heavy atom. The molecule has 1 aromatic heterocycles. The zero-order valence-corrected chi connectivity index (χ0v) is 13.6. The number of tetrazole rings is 1. The molecular weight excluding hydrogens is 322 g/mol. The van der Waals surface area contributed by atoms with E-state index in [0.29, 0.717) is 22.6 Å². The highest BCUT2D eigenvalue weighted by molar-refractivity contribution is 6.05. The van der Waals surface area contributed by atoms with Gasteiger partial charge in [-0.15, -0.1) is 5.10 Å². The van der Waals surface area contributed by atoms with Crippen molar-refractivity contribution >= 4 is 17.6 Å². The van der Waals surface area contributed by atoms with Gasteiger partial charge in [-0.3, -0.25) is 4.79 Å². The van der Waals surface area contributed by atoms with Crippen LogP contribution in [0.3, 0.4) is 0 Å². The van der Waals surface area contributed by atoms with Crippen molar-refractivity contribution in [3.8, 4) is 11.4 Å². The summed E-state index contributed by atoms with van der Waals surface area (Å²) in [6.07, 6.45) is 0. The number of carbonyl (C=O) groups is 2. The van der Waals surface area contributed by atoms with Crippen LogP contribution in [-0.2, 0) is 11.8 Å². The Bertz CT molecular complexity index is 918. The van der Waals surface area contributed by atoms with Crippen molar-refractivity contribution in [3.05, 3.63) is 59.7 Å². The van der Waals surface area contributed by atoms with Gasteiger partial charge in [-0.2, -0.15) is 0 Å². The summed E-state index contributed by atoms with van der Waals surface area (Å²) in [6, 6.07) is 13.4. The number of aromatic nitrogens is 4. The van der Waals surface area contributed by atoms with Crippen LogP contribution in [0.1, 0.15) is 20.7 Å². The van der Waals surface area contributed by atoms with Gasteiger partial charge in [-0.05, 0) is 46.8 Å². The molecule has 0 bridgehead atoms. The number of rotatable bonds is 4. The van der Waals surface area contributed by atoms with Gasteiger partial charge in [0.2, 0.25) is 0 Å². The lowest BCUT2D eigenvalue weighted by Crippen LogP contribution is -2.12. The van der Waals surface area contributed by atoms with Gasteiger partial charge in [0, 0.05) is 23.9 Å². The van der Waals surface area contributed by atoms with Gasteiger partial charge >= 0.3 is 5.97 Å². The fourth-order valence-corrected chi connectivity index (χ4v) is 2.29. The molecule has 2 aromatic carbocycles. The number of ether oxygens (including phenoxy) is 1. The van der Waals surface area contributed by atoms with Crippen molar-refractivity contribution in [2.24, 2.45) is 7.05 Å². The molecular formula is C17H15N5O3. The third-order valence-corrected chi connectivity index (χ3v) is 3.57. The molecule has 8 nitrogen and oxygen atoms in total. The fraction of sp³-hybridized carbons (Fsp3) is 0.118. The van der Waals surface area contributed by atoms with Crippen LogP contribution in [0.25, 0.3) is 11.4 Å². The van der Waals surface area contributed by atoms with Crippen molar-refractivity contribution in [1.82, 2.24) is 20.2 Å². The fourth-order valence-electron chi connectivity index (χ4n) is 2.29. The Kier molecular flexibility index (Phi) is 4.51. The zero-order valence-electron chi connectivity index (χ0n) is 13.6. The minimum atomic E-state index is -0.447. The molecule has 0 fully saturated rings. The molecule has 3 aromatic rings. The summed E-state index contributed by atoms with van der Waals surface area (Å²) < 4.78 is 6.18. The van der Waals surface area contributed by atoms with Gasteiger partial charge in [0.05, 0.1) is 12.7 Å². The topological polar surface area (TPSA) is 99.0 Å². The number of nitrogens with one attached hydrogen (secondary N) is 1. The number of esters is 1. The first-order valence-electron chi connectivity index (χ1n) is 7.41. The van der Waals surface area contributed by atoms with E-state index < -0.39 is 5.97 Å². The first-order valence-corrected chi connectivity index (χ1v) is 7.41. The summed E-state index contributed by atoms with van der Waals surface area (Å²) in [6.45, 7) is 0. The van der Waals surface area contributed by atoms with Crippen molar-refractivity contribution in [1.29, 1.82) is 0 Å². The number of amides is 1. The SMILES string of the molecule is COC(=O)c1ccc(C(=O)Nc2cccc(-c3nnnn3C)c2)cc1. The van der Waals surface area contributed by atoms with E-state index in [4.69, 9.17) is 0 Å². The monoisotopic (exact) mass is 337 g/mol. The third kappa shape index (κ3) is 3.52. The van der Waals surface area contributed by atoms with Gasteiger partial charge in [-0.1, -0.05) is 12.1 Å². The third-order valence-electron chi connectivity index (χ3n) is 3.57. The average Bonchev–Trinajstić information content (AvgIpc) is 3.07. The van der Waals surface area contributed by atoms with Crippen molar-refractivity contribution in [2.75, 3.05) is 12.4 Å². The molecule has 8 heteroatoms. The molecule has 1 N–H and O–H groups in total. The van der Waals surface area contributed by atoms with Crippen molar-refractivity contribution in [3.63, 3.8) is 0 Å². The molecule has 0 radical (unpaired) electrons. The molecule has 0 spiro atoms. The number of methoxy groups -OCH3 is 1. The van der Waals surface area contributed by atoms with Crippen LogP contribution >= 0.6 is 0 Å². The van der Waals surface area contributed by atoms with E-state index in [1.165, 1.54) is 7.11 Å². The molecule has 0 aliphatic carbocycles. The maximum absolute atomic E-state index is 12.4. The quantitative estimate of drug-likeness (QED) is 0.730.